The molecule has 15 heavy (non-hydrogen) atoms. The van der Waals surface area contributed by atoms with Crippen LogP contribution in [0.4, 0.5) is 0 Å². The maximum Gasteiger partial charge on any atom is 0.159 e. The molecule has 0 bridgehead atoms. The fourth-order valence-electron chi connectivity index (χ4n) is 1.30. The number of ketones is 2. The minimum absolute atomic E-state index is 0.111. The average Bonchev–Trinajstić information content (AvgIpc) is 2.16. The first-order valence-corrected chi connectivity index (χ1v) is 4.76. The molecule has 0 aliphatic heterocycles. The van der Waals surface area contributed by atoms with Gasteiger partial charge in [0.1, 0.15) is 0 Å². The Morgan fingerprint density at radius 2 is 1.47 bits per heavy atom. The highest BCUT2D eigenvalue weighted by molar-refractivity contribution is 5.99. The molecular formula is C12H14O3. The average molecular weight is 206 g/mol. The maximum absolute atomic E-state index is 11.2. The van der Waals surface area contributed by atoms with E-state index in [0.29, 0.717) is 16.7 Å². The van der Waals surface area contributed by atoms with Crippen LogP contribution in [0.3, 0.4) is 0 Å². The number of hydrogen-bond donors (Lipinski definition) is 1. The molecule has 0 radical (unpaired) electrons. The molecule has 3 nitrogen and oxygen atoms in total. The van der Waals surface area contributed by atoms with Crippen LogP contribution in [-0.4, -0.2) is 16.7 Å². The lowest BCUT2D eigenvalue weighted by atomic mass is 9.99. The minimum atomic E-state index is -0.678. The molecule has 0 aliphatic rings. The van der Waals surface area contributed by atoms with E-state index in [1.165, 1.54) is 13.8 Å². The lowest BCUT2D eigenvalue weighted by Gasteiger charge is -2.08. The number of carbonyl (C=O) groups excluding carboxylic acids is 2. The van der Waals surface area contributed by atoms with Crippen molar-refractivity contribution in [3.8, 4) is 0 Å². The van der Waals surface area contributed by atoms with E-state index in [1.807, 2.05) is 0 Å². The molecule has 1 N–H and O–H groups in total. The van der Waals surface area contributed by atoms with Gasteiger partial charge in [0.2, 0.25) is 0 Å². The third-order valence-corrected chi connectivity index (χ3v) is 2.25. The molecule has 0 aliphatic carbocycles. The molecule has 1 atom stereocenters. The zero-order chi connectivity index (χ0) is 11.6. The number of aliphatic hydroxyl groups is 1. The van der Waals surface area contributed by atoms with Crippen molar-refractivity contribution in [2.24, 2.45) is 0 Å². The minimum Gasteiger partial charge on any atom is -0.389 e. The second-order valence-corrected chi connectivity index (χ2v) is 3.63. The Kier molecular flexibility index (Phi) is 3.37. The Bertz CT molecular complexity index is 373. The van der Waals surface area contributed by atoms with Crippen LogP contribution < -0.4 is 0 Å². The van der Waals surface area contributed by atoms with Crippen molar-refractivity contribution in [2.75, 3.05) is 0 Å². The Labute approximate surface area is 88.7 Å². The van der Waals surface area contributed by atoms with Gasteiger partial charge in [-0.25, -0.2) is 0 Å². The standard InChI is InChI=1S/C12H14O3/c1-7(13)10-4-11(8(2)14)6-12(5-10)9(3)15/h4-7,13H,1-3H3. The highest BCUT2D eigenvalue weighted by Gasteiger charge is 2.10. The van der Waals surface area contributed by atoms with Crippen LogP contribution in [0.15, 0.2) is 18.2 Å². The highest BCUT2D eigenvalue weighted by Crippen LogP contribution is 2.17. The van der Waals surface area contributed by atoms with Gasteiger partial charge in [-0.15, -0.1) is 0 Å². The molecule has 1 unspecified atom stereocenters. The van der Waals surface area contributed by atoms with E-state index in [9.17, 15) is 14.7 Å². The van der Waals surface area contributed by atoms with Gasteiger partial charge in [0, 0.05) is 11.1 Å². The summed E-state index contributed by atoms with van der Waals surface area (Å²) in [5.74, 6) is -0.222. The summed E-state index contributed by atoms with van der Waals surface area (Å²) >= 11 is 0. The quantitative estimate of drug-likeness (QED) is 0.771. The van der Waals surface area contributed by atoms with Crippen LogP contribution in [-0.2, 0) is 0 Å². The summed E-state index contributed by atoms with van der Waals surface area (Å²) < 4.78 is 0. The smallest absolute Gasteiger partial charge is 0.159 e. The Balaban J connectivity index is 3.32. The highest BCUT2D eigenvalue weighted by atomic mass is 16.3. The van der Waals surface area contributed by atoms with E-state index < -0.39 is 6.10 Å². The summed E-state index contributed by atoms with van der Waals surface area (Å²) in [4.78, 5) is 22.4. The molecule has 0 spiro atoms. The van der Waals surface area contributed by atoms with Gasteiger partial charge in [0.05, 0.1) is 6.10 Å². The molecule has 0 amide bonds. The summed E-state index contributed by atoms with van der Waals surface area (Å²) in [6.45, 7) is 4.47. The van der Waals surface area contributed by atoms with Crippen molar-refractivity contribution < 1.29 is 14.7 Å². The maximum atomic E-state index is 11.2. The lowest BCUT2D eigenvalue weighted by Crippen LogP contribution is -2.02. The van der Waals surface area contributed by atoms with E-state index >= 15 is 0 Å². The topological polar surface area (TPSA) is 54.4 Å². The second-order valence-electron chi connectivity index (χ2n) is 3.63. The third kappa shape index (κ3) is 2.73. The molecule has 80 valence electrons. The van der Waals surface area contributed by atoms with Crippen LogP contribution in [0.2, 0.25) is 0 Å². The predicted molar refractivity (Wildman–Crippen MR) is 57.1 cm³/mol. The van der Waals surface area contributed by atoms with Crippen LogP contribution in [0.5, 0.6) is 0 Å². The third-order valence-electron chi connectivity index (χ3n) is 2.25. The summed E-state index contributed by atoms with van der Waals surface area (Å²) in [5.41, 5.74) is 1.50. The zero-order valence-corrected chi connectivity index (χ0v) is 9.07. The molecule has 0 saturated heterocycles. The van der Waals surface area contributed by atoms with Gasteiger partial charge in [0.25, 0.3) is 0 Å². The number of Topliss-reactive ketones (excluding diaryl/α,β-unsaturated/α-hetero) is 2. The normalized spacial score (nSPS) is 12.3. The van der Waals surface area contributed by atoms with Gasteiger partial charge in [-0.2, -0.15) is 0 Å². The van der Waals surface area contributed by atoms with Gasteiger partial charge < -0.3 is 5.11 Å². The Morgan fingerprint density at radius 1 is 1.07 bits per heavy atom. The fourth-order valence-corrected chi connectivity index (χ4v) is 1.30. The van der Waals surface area contributed by atoms with E-state index in [2.05, 4.69) is 0 Å². The van der Waals surface area contributed by atoms with Crippen molar-refractivity contribution in [3.63, 3.8) is 0 Å². The van der Waals surface area contributed by atoms with Gasteiger partial charge in [0.15, 0.2) is 11.6 Å². The summed E-state index contributed by atoms with van der Waals surface area (Å²) in [5, 5.41) is 9.41. The number of rotatable bonds is 3. The lowest BCUT2D eigenvalue weighted by molar-refractivity contribution is 0.101. The van der Waals surface area contributed by atoms with Gasteiger partial charge in [-0.05, 0) is 44.5 Å². The van der Waals surface area contributed by atoms with Crippen molar-refractivity contribution in [3.05, 3.63) is 34.9 Å². The molecule has 0 heterocycles. The molecule has 1 aromatic rings. The van der Waals surface area contributed by atoms with Gasteiger partial charge in [-0.1, -0.05) is 0 Å². The molecule has 0 fully saturated rings. The number of aliphatic hydroxyl groups excluding tert-OH is 1. The van der Waals surface area contributed by atoms with E-state index in [0.717, 1.165) is 0 Å². The number of carbonyl (C=O) groups is 2. The van der Waals surface area contributed by atoms with Crippen LogP contribution in [0.25, 0.3) is 0 Å². The van der Waals surface area contributed by atoms with Crippen molar-refractivity contribution in [2.45, 2.75) is 26.9 Å². The molecule has 3 heteroatoms. The number of benzene rings is 1. The molecule has 0 saturated carbocycles. The SMILES string of the molecule is CC(=O)c1cc(C(C)=O)cc(C(C)O)c1. The predicted octanol–water partition coefficient (Wildman–Crippen LogP) is 2.15. The van der Waals surface area contributed by atoms with Crippen LogP contribution >= 0.6 is 0 Å². The van der Waals surface area contributed by atoms with Crippen molar-refractivity contribution >= 4 is 11.6 Å². The first-order valence-electron chi connectivity index (χ1n) is 4.76. The largest absolute Gasteiger partial charge is 0.389 e. The zero-order valence-electron chi connectivity index (χ0n) is 9.07. The molecular weight excluding hydrogens is 192 g/mol. The molecule has 1 aromatic carbocycles. The Morgan fingerprint density at radius 3 is 1.73 bits per heavy atom. The van der Waals surface area contributed by atoms with E-state index in [1.54, 1.807) is 25.1 Å². The number of hydrogen-bond acceptors (Lipinski definition) is 3. The first kappa shape index (κ1) is 11.6. The van der Waals surface area contributed by atoms with Crippen LogP contribution in [0.1, 0.15) is 53.2 Å². The summed E-state index contributed by atoms with van der Waals surface area (Å²) in [6, 6.07) is 4.77. The summed E-state index contributed by atoms with van der Waals surface area (Å²) in [7, 11) is 0. The monoisotopic (exact) mass is 206 g/mol. The van der Waals surface area contributed by atoms with E-state index in [-0.39, 0.29) is 11.6 Å². The fraction of sp³-hybridized carbons (Fsp3) is 0.333. The molecule has 0 aromatic heterocycles. The Hall–Kier alpha value is -1.48. The first-order chi connectivity index (χ1) is 6.91. The molecule has 1 rings (SSSR count). The van der Waals surface area contributed by atoms with Gasteiger partial charge in [-0.3, -0.25) is 9.59 Å². The van der Waals surface area contributed by atoms with Crippen molar-refractivity contribution in [1.29, 1.82) is 0 Å². The van der Waals surface area contributed by atoms with Crippen LogP contribution in [0, 0.1) is 0 Å². The van der Waals surface area contributed by atoms with E-state index in [4.69, 9.17) is 0 Å². The summed E-state index contributed by atoms with van der Waals surface area (Å²) in [6.07, 6.45) is -0.678. The van der Waals surface area contributed by atoms with Crippen molar-refractivity contribution in [1.82, 2.24) is 0 Å². The van der Waals surface area contributed by atoms with Gasteiger partial charge >= 0.3 is 0 Å². The second kappa shape index (κ2) is 4.36.